The van der Waals surface area contributed by atoms with Crippen LogP contribution in [-0.4, -0.2) is 65.2 Å². The summed E-state index contributed by atoms with van der Waals surface area (Å²) in [6.07, 6.45) is -3.54. The van der Waals surface area contributed by atoms with Gasteiger partial charge in [-0.1, -0.05) is 5.43 Å². The summed E-state index contributed by atoms with van der Waals surface area (Å²) >= 11 is 0. The number of nitrogens with zero attached hydrogens (tertiary/aromatic N) is 2. The Balaban J connectivity index is 0. The second kappa shape index (κ2) is 14.7. The van der Waals surface area contributed by atoms with E-state index in [4.69, 9.17) is 32.8 Å². The number of primary amides is 1. The molecule has 2 amide bonds. The number of carboxylic acids is 1. The van der Waals surface area contributed by atoms with Crippen molar-refractivity contribution in [2.24, 2.45) is 27.9 Å². The van der Waals surface area contributed by atoms with Gasteiger partial charge in [0.15, 0.2) is 5.03 Å². The van der Waals surface area contributed by atoms with E-state index in [1.54, 1.807) is 5.43 Å². The fourth-order valence-electron chi connectivity index (χ4n) is 1.66. The molecule has 0 aromatic heterocycles. The molecule has 30 heavy (non-hydrogen) atoms. The van der Waals surface area contributed by atoms with Gasteiger partial charge in [0.25, 0.3) is 5.96 Å². The van der Waals surface area contributed by atoms with Crippen molar-refractivity contribution in [3.8, 4) is 0 Å². The van der Waals surface area contributed by atoms with Crippen LogP contribution in [0.2, 0.25) is 0 Å². The van der Waals surface area contributed by atoms with Crippen molar-refractivity contribution in [1.82, 2.24) is 10.7 Å². The number of guanidine groups is 1. The number of hydrazine groups is 1. The second-order valence-electron chi connectivity index (χ2n) is 5.58. The van der Waals surface area contributed by atoms with Crippen LogP contribution in [0.5, 0.6) is 0 Å². The second-order valence-corrected chi connectivity index (χ2v) is 5.58. The van der Waals surface area contributed by atoms with Crippen LogP contribution in [-0.2, 0) is 14.4 Å². The summed E-state index contributed by atoms with van der Waals surface area (Å²) in [5.74, 6) is -4.25. The number of amides is 2. The molecule has 0 aliphatic heterocycles. The van der Waals surface area contributed by atoms with Crippen LogP contribution in [0.25, 0.3) is 0 Å². The Morgan fingerprint density at radius 1 is 1.17 bits per heavy atom. The maximum atomic E-state index is 11.9. The van der Waals surface area contributed by atoms with E-state index in [1.165, 1.54) is 0 Å². The standard InChI is InChI=1S/C11H24N8O4.C2HF3O2/c12-5-1-4-8(9(14)20)17-10(21)7(13)3-2-6-16-11(15)18-19(22)23;3-2(4,5)1(6)7/h7-8H,1-6,12-13H2,(H2,14,20)(H,17,21)(H3,15,16,18);(H,6,7)/t7-,8-;/m0./s1. The molecular formula is C13H25F3N8O6. The zero-order valence-electron chi connectivity index (χ0n) is 15.7. The summed E-state index contributed by atoms with van der Waals surface area (Å²) in [6, 6.07) is -1.66. The highest BCUT2D eigenvalue weighted by Crippen LogP contribution is 2.13. The lowest BCUT2D eigenvalue weighted by Crippen LogP contribution is -2.50. The van der Waals surface area contributed by atoms with E-state index in [2.05, 4.69) is 10.3 Å². The molecule has 14 nitrogen and oxygen atoms in total. The molecule has 11 N–H and O–H groups in total. The van der Waals surface area contributed by atoms with Gasteiger partial charge < -0.3 is 33.4 Å². The first-order valence-electron chi connectivity index (χ1n) is 8.28. The van der Waals surface area contributed by atoms with Crippen molar-refractivity contribution in [3.63, 3.8) is 0 Å². The molecule has 0 saturated carbocycles. The third-order valence-corrected chi connectivity index (χ3v) is 3.10. The molecule has 0 aromatic rings. The van der Waals surface area contributed by atoms with Gasteiger partial charge in [-0.15, -0.1) is 0 Å². The summed E-state index contributed by atoms with van der Waals surface area (Å²) in [7, 11) is 0. The maximum absolute atomic E-state index is 11.9. The van der Waals surface area contributed by atoms with Gasteiger partial charge in [-0.25, -0.2) is 19.9 Å². The Morgan fingerprint density at radius 2 is 1.70 bits per heavy atom. The largest absolute Gasteiger partial charge is 0.490 e. The molecule has 17 heteroatoms. The van der Waals surface area contributed by atoms with Gasteiger partial charge in [0.05, 0.1) is 6.04 Å². The van der Waals surface area contributed by atoms with E-state index in [0.717, 1.165) is 0 Å². The number of aliphatic imine (C=N–C) groups is 1. The minimum absolute atomic E-state index is 0.167. The fraction of sp³-hybridized carbons (Fsp3) is 0.692. The van der Waals surface area contributed by atoms with E-state index in [0.29, 0.717) is 25.8 Å². The third kappa shape index (κ3) is 15.8. The van der Waals surface area contributed by atoms with Crippen molar-refractivity contribution in [1.29, 1.82) is 0 Å². The van der Waals surface area contributed by atoms with Gasteiger partial charge in [0, 0.05) is 6.54 Å². The normalized spacial score (nSPS) is 13.3. The molecule has 0 aliphatic rings. The summed E-state index contributed by atoms with van der Waals surface area (Å²) in [5, 5.41) is 18.9. The van der Waals surface area contributed by atoms with Gasteiger partial charge in [0.1, 0.15) is 6.04 Å². The number of aliphatic carboxylic acids is 1. The first-order valence-corrected chi connectivity index (χ1v) is 8.28. The highest BCUT2D eigenvalue weighted by molar-refractivity contribution is 5.88. The number of rotatable bonds is 11. The predicted molar refractivity (Wildman–Crippen MR) is 96.9 cm³/mol. The van der Waals surface area contributed by atoms with Crippen LogP contribution in [0.1, 0.15) is 25.7 Å². The minimum atomic E-state index is -5.08. The van der Waals surface area contributed by atoms with Gasteiger partial charge in [-0.3, -0.25) is 9.59 Å². The van der Waals surface area contributed by atoms with Gasteiger partial charge in [0.2, 0.25) is 11.8 Å². The quantitative estimate of drug-likeness (QED) is 0.0578. The highest BCUT2D eigenvalue weighted by Gasteiger charge is 2.38. The van der Waals surface area contributed by atoms with Crippen LogP contribution >= 0.6 is 0 Å². The summed E-state index contributed by atoms with van der Waals surface area (Å²) in [6.45, 7) is 0.545. The molecule has 174 valence electrons. The molecule has 0 unspecified atom stereocenters. The lowest BCUT2D eigenvalue weighted by molar-refractivity contribution is -0.525. The highest BCUT2D eigenvalue weighted by atomic mass is 19.4. The third-order valence-electron chi connectivity index (χ3n) is 3.10. The number of carboxylic acid groups (broad SMARTS) is 1. The number of nitrogens with one attached hydrogen (secondary N) is 2. The van der Waals surface area contributed by atoms with Crippen LogP contribution in [0.4, 0.5) is 13.2 Å². The van der Waals surface area contributed by atoms with Gasteiger partial charge in [-0.2, -0.15) is 13.2 Å². The number of alkyl halides is 3. The number of nitro groups is 1. The Labute approximate surface area is 168 Å². The number of nitrogens with two attached hydrogens (primary N) is 4. The Morgan fingerprint density at radius 3 is 2.10 bits per heavy atom. The number of carbonyl (C=O) groups excluding carboxylic acids is 2. The van der Waals surface area contributed by atoms with E-state index < -0.39 is 41.1 Å². The first-order chi connectivity index (χ1) is 13.7. The van der Waals surface area contributed by atoms with E-state index in [9.17, 15) is 32.9 Å². The van der Waals surface area contributed by atoms with Crippen LogP contribution in [0, 0.1) is 10.1 Å². The topological polar surface area (TPSA) is 255 Å². The molecule has 2 atom stereocenters. The zero-order valence-corrected chi connectivity index (χ0v) is 15.7. The molecule has 0 bridgehead atoms. The molecule has 0 rings (SSSR count). The van der Waals surface area contributed by atoms with Crippen molar-refractivity contribution < 1.29 is 37.7 Å². The van der Waals surface area contributed by atoms with Crippen LogP contribution in [0.3, 0.4) is 0 Å². The number of carbonyl (C=O) groups is 3. The predicted octanol–water partition coefficient (Wildman–Crippen LogP) is -2.47. The number of hydrogen-bond acceptors (Lipinski definition) is 8. The summed E-state index contributed by atoms with van der Waals surface area (Å²) in [5.41, 5.74) is 23.1. The fourth-order valence-corrected chi connectivity index (χ4v) is 1.66. The maximum Gasteiger partial charge on any atom is 0.490 e. The molecular weight excluding hydrogens is 421 g/mol. The van der Waals surface area contributed by atoms with E-state index in [1.807, 2.05) is 0 Å². The van der Waals surface area contributed by atoms with Crippen LogP contribution in [0.15, 0.2) is 4.99 Å². The minimum Gasteiger partial charge on any atom is -0.475 e. The average Bonchev–Trinajstić information content (AvgIpc) is 2.60. The molecule has 0 spiro atoms. The molecule has 0 fully saturated rings. The van der Waals surface area contributed by atoms with Crippen molar-refractivity contribution in [2.45, 2.75) is 43.9 Å². The van der Waals surface area contributed by atoms with Gasteiger partial charge in [-0.05, 0) is 32.2 Å². The van der Waals surface area contributed by atoms with Gasteiger partial charge >= 0.3 is 12.1 Å². The Hall–Kier alpha value is -3.21. The average molecular weight is 446 g/mol. The summed E-state index contributed by atoms with van der Waals surface area (Å²) < 4.78 is 31.7. The zero-order chi connectivity index (χ0) is 23.9. The Bertz CT molecular complexity index is 616. The SMILES string of the molecule is NCCC[C@H](NC(=O)[C@@H](N)CCCN=C(N)N[N+](=O)[O-])C(N)=O.O=C(O)C(F)(F)F. The van der Waals surface area contributed by atoms with Crippen molar-refractivity contribution in [2.75, 3.05) is 13.1 Å². The van der Waals surface area contributed by atoms with Crippen molar-refractivity contribution in [3.05, 3.63) is 10.1 Å². The first kappa shape index (κ1) is 29.0. The smallest absolute Gasteiger partial charge is 0.475 e. The number of halogens is 3. The van der Waals surface area contributed by atoms with E-state index in [-0.39, 0.29) is 18.9 Å². The lowest BCUT2D eigenvalue weighted by atomic mass is 10.1. The lowest BCUT2D eigenvalue weighted by Gasteiger charge is -2.18. The summed E-state index contributed by atoms with van der Waals surface area (Å²) in [4.78, 5) is 45.8. The molecule has 0 saturated heterocycles. The van der Waals surface area contributed by atoms with Crippen molar-refractivity contribution >= 4 is 23.7 Å². The Kier molecular flexibility index (Phi) is 14.2. The van der Waals surface area contributed by atoms with E-state index >= 15 is 0 Å². The molecule has 0 aromatic carbocycles. The van der Waals surface area contributed by atoms with Crippen LogP contribution < -0.4 is 33.7 Å². The molecule has 0 radical (unpaired) electrons. The number of hydrogen-bond donors (Lipinski definition) is 7. The molecule has 0 aliphatic carbocycles. The molecule has 0 heterocycles. The monoisotopic (exact) mass is 446 g/mol.